The van der Waals surface area contributed by atoms with E-state index < -0.39 is 6.55 Å². The molecule has 6 heteroatoms. The molecule has 130 valence electrons. The average molecular weight is 342 g/mol. The Bertz CT molecular complexity index is 882. The van der Waals surface area contributed by atoms with Gasteiger partial charge in [0.1, 0.15) is 5.82 Å². The first-order valence-corrected chi connectivity index (χ1v) is 8.42. The quantitative estimate of drug-likeness (QED) is 0.723. The van der Waals surface area contributed by atoms with Crippen LogP contribution in [0.4, 0.5) is 14.5 Å². The Labute approximate surface area is 145 Å². The first-order chi connectivity index (χ1) is 12.1. The summed E-state index contributed by atoms with van der Waals surface area (Å²) < 4.78 is 28.4. The molecular formula is C19H20F2N4. The predicted molar refractivity (Wildman–Crippen MR) is 96.1 cm³/mol. The molecule has 1 aliphatic rings. The van der Waals surface area contributed by atoms with Crippen LogP contribution in [0, 0.1) is 0 Å². The van der Waals surface area contributed by atoms with Gasteiger partial charge in [-0.2, -0.15) is 8.78 Å². The highest BCUT2D eigenvalue weighted by Crippen LogP contribution is 2.31. The number of nitrogens with zero attached hydrogens (tertiary/aromatic N) is 4. The molecule has 4 nitrogen and oxygen atoms in total. The van der Waals surface area contributed by atoms with Gasteiger partial charge in [-0.1, -0.05) is 24.3 Å². The number of aromatic nitrogens is 2. The van der Waals surface area contributed by atoms with Crippen molar-refractivity contribution in [2.24, 2.45) is 0 Å². The maximum Gasteiger partial charge on any atom is 0.320 e. The first-order valence-electron chi connectivity index (χ1n) is 8.42. The number of imidazole rings is 1. The Hall–Kier alpha value is -2.47. The van der Waals surface area contributed by atoms with Crippen LogP contribution in [0.3, 0.4) is 0 Å². The van der Waals surface area contributed by atoms with Crippen molar-refractivity contribution in [2.45, 2.75) is 6.55 Å². The Morgan fingerprint density at radius 2 is 1.72 bits per heavy atom. The maximum atomic E-state index is 13.7. The minimum Gasteiger partial charge on any atom is -0.369 e. The molecule has 1 fully saturated rings. The van der Waals surface area contributed by atoms with Crippen LogP contribution in [0.5, 0.6) is 0 Å². The number of para-hydroxylation sites is 2. The fourth-order valence-corrected chi connectivity index (χ4v) is 3.35. The second kappa shape index (κ2) is 6.44. The summed E-state index contributed by atoms with van der Waals surface area (Å²) >= 11 is 0. The molecule has 0 radical (unpaired) electrons. The highest BCUT2D eigenvalue weighted by molar-refractivity contribution is 5.81. The topological polar surface area (TPSA) is 24.3 Å². The number of benzene rings is 2. The lowest BCUT2D eigenvalue weighted by Crippen LogP contribution is -2.44. The zero-order valence-electron chi connectivity index (χ0n) is 14.1. The highest BCUT2D eigenvalue weighted by Gasteiger charge is 2.20. The summed E-state index contributed by atoms with van der Waals surface area (Å²) in [6, 6.07) is 14.8. The van der Waals surface area contributed by atoms with E-state index in [1.807, 2.05) is 30.3 Å². The summed E-state index contributed by atoms with van der Waals surface area (Å²) in [5.74, 6) is 0.312. The van der Waals surface area contributed by atoms with Crippen LogP contribution in [0.25, 0.3) is 22.4 Å². The number of halogens is 2. The first kappa shape index (κ1) is 16.0. The number of piperazine rings is 1. The van der Waals surface area contributed by atoms with Gasteiger partial charge in [-0.3, -0.25) is 4.57 Å². The summed E-state index contributed by atoms with van der Waals surface area (Å²) in [5.41, 5.74) is 2.81. The van der Waals surface area contributed by atoms with E-state index >= 15 is 0 Å². The van der Waals surface area contributed by atoms with Crippen molar-refractivity contribution in [3.63, 3.8) is 0 Å². The number of hydrogen-bond acceptors (Lipinski definition) is 3. The number of rotatable bonds is 3. The van der Waals surface area contributed by atoms with Crippen molar-refractivity contribution >= 4 is 16.7 Å². The van der Waals surface area contributed by atoms with Gasteiger partial charge in [0.15, 0.2) is 0 Å². The molecule has 25 heavy (non-hydrogen) atoms. The van der Waals surface area contributed by atoms with Crippen LogP contribution in [-0.2, 0) is 0 Å². The molecule has 0 unspecified atom stereocenters. The molecule has 0 spiro atoms. The van der Waals surface area contributed by atoms with Crippen LogP contribution in [0.15, 0.2) is 48.5 Å². The van der Waals surface area contributed by atoms with E-state index in [4.69, 9.17) is 0 Å². The zero-order valence-corrected chi connectivity index (χ0v) is 14.1. The minimum absolute atomic E-state index is 0.312. The summed E-state index contributed by atoms with van der Waals surface area (Å²) in [4.78, 5) is 9.04. The number of alkyl halides is 2. The Morgan fingerprint density at radius 3 is 2.48 bits per heavy atom. The summed E-state index contributed by atoms with van der Waals surface area (Å²) in [5, 5.41) is 0. The lowest BCUT2D eigenvalue weighted by molar-refractivity contribution is 0.0764. The monoisotopic (exact) mass is 342 g/mol. The maximum absolute atomic E-state index is 13.7. The predicted octanol–water partition coefficient (Wildman–Crippen LogP) is 3.85. The van der Waals surface area contributed by atoms with E-state index in [1.54, 1.807) is 18.2 Å². The Morgan fingerprint density at radius 1 is 0.960 bits per heavy atom. The second-order valence-corrected chi connectivity index (χ2v) is 6.41. The molecule has 1 saturated heterocycles. The SMILES string of the molecule is CN1CCN(c2cccc(-c3nc4ccccc4n3C(F)F)c2)CC1. The minimum atomic E-state index is -2.63. The largest absolute Gasteiger partial charge is 0.369 e. The van der Waals surface area contributed by atoms with Gasteiger partial charge in [0.25, 0.3) is 0 Å². The van der Waals surface area contributed by atoms with Crippen molar-refractivity contribution in [2.75, 3.05) is 38.1 Å². The molecule has 3 aromatic rings. The van der Waals surface area contributed by atoms with E-state index in [-0.39, 0.29) is 0 Å². The molecule has 4 rings (SSSR count). The second-order valence-electron chi connectivity index (χ2n) is 6.41. The van der Waals surface area contributed by atoms with Crippen LogP contribution < -0.4 is 4.90 Å². The van der Waals surface area contributed by atoms with Gasteiger partial charge >= 0.3 is 6.55 Å². The third kappa shape index (κ3) is 2.98. The van der Waals surface area contributed by atoms with Crippen molar-refractivity contribution in [3.05, 3.63) is 48.5 Å². The van der Waals surface area contributed by atoms with Crippen molar-refractivity contribution < 1.29 is 8.78 Å². The van der Waals surface area contributed by atoms with Crippen molar-refractivity contribution in [1.29, 1.82) is 0 Å². The molecule has 1 aliphatic heterocycles. The van der Waals surface area contributed by atoms with E-state index in [1.165, 1.54) is 0 Å². The lowest BCUT2D eigenvalue weighted by atomic mass is 10.1. The van der Waals surface area contributed by atoms with Gasteiger partial charge < -0.3 is 9.80 Å². The van der Waals surface area contributed by atoms with E-state index in [0.717, 1.165) is 36.4 Å². The standard InChI is InChI=1S/C19H20F2N4/c1-23-9-11-24(12-10-23)15-6-4-5-14(13-15)18-22-16-7-2-3-8-17(16)25(18)19(20)21/h2-8,13,19H,9-12H2,1H3. The Kier molecular flexibility index (Phi) is 4.13. The molecule has 0 saturated carbocycles. The fourth-order valence-electron chi connectivity index (χ4n) is 3.35. The van der Waals surface area contributed by atoms with Gasteiger partial charge in [-0.05, 0) is 31.3 Å². The molecular weight excluding hydrogens is 322 g/mol. The van der Waals surface area contributed by atoms with Gasteiger partial charge in [0, 0.05) is 37.4 Å². The average Bonchev–Trinajstić information content (AvgIpc) is 3.02. The highest BCUT2D eigenvalue weighted by atomic mass is 19.3. The smallest absolute Gasteiger partial charge is 0.320 e. The summed E-state index contributed by atoms with van der Waals surface area (Å²) in [6.45, 7) is 1.24. The van der Waals surface area contributed by atoms with Gasteiger partial charge in [0.05, 0.1) is 11.0 Å². The van der Waals surface area contributed by atoms with E-state index in [2.05, 4.69) is 21.8 Å². The van der Waals surface area contributed by atoms with Gasteiger partial charge in [-0.15, -0.1) is 0 Å². The van der Waals surface area contributed by atoms with Crippen LogP contribution >= 0.6 is 0 Å². The number of likely N-dealkylation sites (N-methyl/N-ethyl adjacent to an activating group) is 1. The van der Waals surface area contributed by atoms with Crippen LogP contribution in [0.1, 0.15) is 6.55 Å². The molecule has 0 amide bonds. The van der Waals surface area contributed by atoms with Crippen LogP contribution in [0.2, 0.25) is 0 Å². The third-order valence-electron chi connectivity index (χ3n) is 4.76. The van der Waals surface area contributed by atoms with Crippen LogP contribution in [-0.4, -0.2) is 47.7 Å². The van der Waals surface area contributed by atoms with E-state index in [9.17, 15) is 8.78 Å². The molecule has 1 aromatic heterocycles. The molecule has 0 atom stereocenters. The van der Waals surface area contributed by atoms with E-state index in [0.29, 0.717) is 22.4 Å². The van der Waals surface area contributed by atoms with Crippen molar-refractivity contribution in [1.82, 2.24) is 14.5 Å². The third-order valence-corrected chi connectivity index (χ3v) is 4.76. The zero-order chi connectivity index (χ0) is 17.4. The molecule has 2 aromatic carbocycles. The molecule has 0 bridgehead atoms. The lowest BCUT2D eigenvalue weighted by Gasteiger charge is -2.34. The molecule has 0 N–H and O–H groups in total. The number of fused-ring (bicyclic) bond motifs is 1. The number of hydrogen-bond donors (Lipinski definition) is 0. The van der Waals surface area contributed by atoms with Gasteiger partial charge in [-0.25, -0.2) is 4.98 Å². The van der Waals surface area contributed by atoms with Crippen molar-refractivity contribution in [3.8, 4) is 11.4 Å². The fraction of sp³-hybridized carbons (Fsp3) is 0.316. The molecule has 2 heterocycles. The summed E-state index contributed by atoms with van der Waals surface area (Å²) in [6.07, 6.45) is 0. The van der Waals surface area contributed by atoms with Gasteiger partial charge in [0.2, 0.25) is 0 Å². The normalized spacial score (nSPS) is 16.1. The molecule has 0 aliphatic carbocycles. The summed E-state index contributed by atoms with van der Waals surface area (Å²) in [7, 11) is 2.11. The Balaban J connectivity index is 1.76. The number of anilines is 1.